The van der Waals surface area contributed by atoms with Crippen LogP contribution in [-0.4, -0.2) is 16.2 Å². The smallest absolute Gasteiger partial charge is 0.261 e. The van der Waals surface area contributed by atoms with Gasteiger partial charge in [0.2, 0.25) is 0 Å². The zero-order valence-electron chi connectivity index (χ0n) is 8.85. The van der Waals surface area contributed by atoms with Crippen molar-refractivity contribution in [1.82, 2.24) is 9.97 Å². The van der Waals surface area contributed by atoms with Gasteiger partial charge in [0.25, 0.3) is 0 Å². The maximum atomic E-state index is 12.3. The Balaban J connectivity index is 1.99. The number of anilines is 1. The third-order valence-electron chi connectivity index (χ3n) is 1.90. The molecule has 2 heterocycles. The van der Waals surface area contributed by atoms with E-state index in [1.54, 1.807) is 11.6 Å². The highest BCUT2D eigenvalue weighted by Gasteiger charge is 2.30. The summed E-state index contributed by atoms with van der Waals surface area (Å²) < 4.78 is 36.8. The molecule has 4 nitrogen and oxygen atoms in total. The van der Waals surface area contributed by atoms with Crippen molar-refractivity contribution >= 4 is 23.4 Å². The fourth-order valence-corrected chi connectivity index (χ4v) is 1.58. The lowest BCUT2D eigenvalue weighted by molar-refractivity contribution is -0.137. The van der Waals surface area contributed by atoms with Crippen molar-refractivity contribution in [2.75, 3.05) is 5.43 Å². The number of thiazole rings is 1. The van der Waals surface area contributed by atoms with E-state index in [1.807, 2.05) is 0 Å². The van der Waals surface area contributed by atoms with Crippen LogP contribution >= 0.6 is 11.3 Å². The average molecular weight is 272 g/mol. The van der Waals surface area contributed by atoms with Gasteiger partial charge >= 0.3 is 6.18 Å². The molecular formula is C10H7F3N4S. The maximum absolute atomic E-state index is 12.3. The van der Waals surface area contributed by atoms with Crippen LogP contribution in [0.2, 0.25) is 0 Å². The van der Waals surface area contributed by atoms with Gasteiger partial charge in [-0.05, 0) is 12.1 Å². The van der Waals surface area contributed by atoms with E-state index in [0.29, 0.717) is 5.01 Å². The first-order valence-corrected chi connectivity index (χ1v) is 5.65. The molecule has 0 fully saturated rings. The Kier molecular flexibility index (Phi) is 3.56. The van der Waals surface area contributed by atoms with Crippen molar-refractivity contribution in [3.63, 3.8) is 0 Å². The van der Waals surface area contributed by atoms with Gasteiger partial charge in [0.1, 0.15) is 10.8 Å². The molecule has 0 unspecified atom stereocenters. The molecule has 2 aromatic heterocycles. The van der Waals surface area contributed by atoms with E-state index in [2.05, 4.69) is 20.5 Å². The van der Waals surface area contributed by atoms with E-state index in [0.717, 1.165) is 12.3 Å². The van der Waals surface area contributed by atoms with Crippen LogP contribution in [0.5, 0.6) is 0 Å². The van der Waals surface area contributed by atoms with Crippen LogP contribution in [0, 0.1) is 0 Å². The summed E-state index contributed by atoms with van der Waals surface area (Å²) in [5.41, 5.74) is 1.72. The fourth-order valence-electron chi connectivity index (χ4n) is 1.08. The lowest BCUT2D eigenvalue weighted by Crippen LogP contribution is -2.05. The van der Waals surface area contributed by atoms with Crippen molar-refractivity contribution in [3.8, 4) is 0 Å². The molecule has 0 aromatic carbocycles. The Morgan fingerprint density at radius 2 is 2.11 bits per heavy atom. The summed E-state index contributed by atoms with van der Waals surface area (Å²) in [5, 5.41) is 6.28. The SMILES string of the molecule is FC(F)(F)c1ccc(NN=Cc2nccs2)nc1. The molecule has 0 aliphatic heterocycles. The maximum Gasteiger partial charge on any atom is 0.417 e. The number of halogens is 3. The molecule has 0 aliphatic rings. The number of nitrogens with one attached hydrogen (secondary N) is 1. The summed E-state index contributed by atoms with van der Waals surface area (Å²) in [6.07, 6.45) is -0.538. The standard InChI is InChI=1S/C10H7F3N4S/c11-10(12,13)7-1-2-8(15-5-7)17-16-6-9-14-3-4-18-9/h1-6H,(H,15,17). The van der Waals surface area contributed by atoms with Gasteiger partial charge in [-0.15, -0.1) is 11.3 Å². The number of alkyl halides is 3. The lowest BCUT2D eigenvalue weighted by Gasteiger charge is -2.06. The summed E-state index contributed by atoms with van der Waals surface area (Å²) in [4.78, 5) is 7.56. The van der Waals surface area contributed by atoms with Crippen LogP contribution in [0.4, 0.5) is 19.0 Å². The summed E-state index contributed by atoms with van der Waals surface area (Å²) in [7, 11) is 0. The molecule has 0 aliphatic carbocycles. The van der Waals surface area contributed by atoms with Gasteiger partial charge in [-0.25, -0.2) is 9.97 Å². The Morgan fingerprint density at radius 3 is 2.67 bits per heavy atom. The number of pyridine rings is 1. The van der Waals surface area contributed by atoms with E-state index in [9.17, 15) is 13.2 Å². The largest absolute Gasteiger partial charge is 0.417 e. The van der Waals surface area contributed by atoms with Gasteiger partial charge in [0, 0.05) is 17.8 Å². The Labute approximate surface area is 104 Å². The van der Waals surface area contributed by atoms with Crippen molar-refractivity contribution in [3.05, 3.63) is 40.5 Å². The van der Waals surface area contributed by atoms with Crippen molar-refractivity contribution in [1.29, 1.82) is 0 Å². The minimum Gasteiger partial charge on any atom is -0.261 e. The third kappa shape index (κ3) is 3.27. The topological polar surface area (TPSA) is 50.2 Å². The van der Waals surface area contributed by atoms with Crippen LogP contribution in [0.1, 0.15) is 10.6 Å². The first kappa shape index (κ1) is 12.5. The molecule has 0 radical (unpaired) electrons. The van der Waals surface area contributed by atoms with Crippen LogP contribution in [0.3, 0.4) is 0 Å². The minimum atomic E-state index is -4.38. The second-order valence-corrected chi connectivity index (χ2v) is 4.10. The van der Waals surface area contributed by atoms with E-state index < -0.39 is 11.7 Å². The molecule has 0 spiro atoms. The van der Waals surface area contributed by atoms with Crippen molar-refractivity contribution < 1.29 is 13.2 Å². The van der Waals surface area contributed by atoms with E-state index in [4.69, 9.17) is 0 Å². The summed E-state index contributed by atoms with van der Waals surface area (Å²) in [6, 6.07) is 2.15. The van der Waals surface area contributed by atoms with E-state index in [-0.39, 0.29) is 5.82 Å². The predicted octanol–water partition coefficient (Wildman–Crippen LogP) is 3.00. The fraction of sp³-hybridized carbons (Fsp3) is 0.100. The number of hydrogen-bond acceptors (Lipinski definition) is 5. The quantitative estimate of drug-likeness (QED) is 0.690. The normalized spacial score (nSPS) is 11.9. The molecule has 0 saturated heterocycles. The van der Waals surface area contributed by atoms with E-state index in [1.165, 1.54) is 23.6 Å². The molecule has 94 valence electrons. The third-order valence-corrected chi connectivity index (χ3v) is 2.61. The zero-order valence-corrected chi connectivity index (χ0v) is 9.66. The molecule has 18 heavy (non-hydrogen) atoms. The van der Waals surface area contributed by atoms with E-state index >= 15 is 0 Å². The molecule has 0 saturated carbocycles. The van der Waals surface area contributed by atoms with Gasteiger partial charge in [-0.2, -0.15) is 18.3 Å². The lowest BCUT2D eigenvalue weighted by atomic mass is 10.3. The van der Waals surface area contributed by atoms with Crippen LogP contribution in [0.25, 0.3) is 0 Å². The van der Waals surface area contributed by atoms with Gasteiger partial charge < -0.3 is 0 Å². The van der Waals surface area contributed by atoms with Crippen LogP contribution < -0.4 is 5.43 Å². The average Bonchev–Trinajstić information content (AvgIpc) is 2.82. The van der Waals surface area contributed by atoms with Gasteiger partial charge in [-0.1, -0.05) is 0 Å². The minimum absolute atomic E-state index is 0.232. The van der Waals surface area contributed by atoms with Gasteiger partial charge in [0.05, 0.1) is 11.8 Å². The van der Waals surface area contributed by atoms with Crippen molar-refractivity contribution in [2.45, 2.75) is 6.18 Å². The summed E-state index contributed by atoms with van der Waals surface area (Å²) in [5.74, 6) is 0.232. The number of nitrogens with zero attached hydrogens (tertiary/aromatic N) is 3. The van der Waals surface area contributed by atoms with Crippen LogP contribution in [0.15, 0.2) is 35.0 Å². The predicted molar refractivity (Wildman–Crippen MR) is 62.6 cm³/mol. The second-order valence-electron chi connectivity index (χ2n) is 3.17. The monoisotopic (exact) mass is 272 g/mol. The van der Waals surface area contributed by atoms with Crippen molar-refractivity contribution in [2.24, 2.45) is 5.10 Å². The van der Waals surface area contributed by atoms with Gasteiger partial charge in [0.15, 0.2) is 0 Å². The Morgan fingerprint density at radius 1 is 1.28 bits per heavy atom. The highest BCUT2D eigenvalue weighted by molar-refractivity contribution is 7.11. The number of rotatable bonds is 3. The Bertz CT molecular complexity index is 519. The molecule has 0 amide bonds. The first-order valence-electron chi connectivity index (χ1n) is 4.77. The molecule has 1 N–H and O–H groups in total. The highest BCUT2D eigenvalue weighted by atomic mass is 32.1. The molecule has 0 bridgehead atoms. The number of hydrogen-bond donors (Lipinski definition) is 1. The first-order chi connectivity index (χ1) is 8.55. The molecule has 2 rings (SSSR count). The molecule has 8 heteroatoms. The van der Waals surface area contributed by atoms with Gasteiger partial charge in [-0.3, -0.25) is 5.43 Å². The highest BCUT2D eigenvalue weighted by Crippen LogP contribution is 2.28. The Hall–Kier alpha value is -1.96. The molecule has 0 atom stereocenters. The summed E-state index contributed by atoms with van der Waals surface area (Å²) in [6.45, 7) is 0. The summed E-state index contributed by atoms with van der Waals surface area (Å²) >= 11 is 1.39. The second kappa shape index (κ2) is 5.13. The molecular weight excluding hydrogens is 265 g/mol. The number of hydrazone groups is 1. The number of aromatic nitrogens is 2. The van der Waals surface area contributed by atoms with Crippen LogP contribution in [-0.2, 0) is 6.18 Å². The zero-order chi connectivity index (χ0) is 13.0. The molecule has 2 aromatic rings.